The largest absolute Gasteiger partial charge is 0.391 e. The number of aromatic nitrogens is 2. The first kappa shape index (κ1) is 11.6. The molecule has 3 nitrogen and oxygen atoms in total. The van der Waals surface area contributed by atoms with Crippen LogP contribution in [0.2, 0.25) is 0 Å². The number of hydrogen-bond donors (Lipinski definition) is 1. The Hall–Kier alpha value is -0.830. The van der Waals surface area contributed by atoms with E-state index in [9.17, 15) is 5.11 Å². The van der Waals surface area contributed by atoms with Crippen LogP contribution in [0.4, 0.5) is 0 Å². The molecule has 1 heterocycles. The minimum atomic E-state index is -0.188. The average molecular weight is 222 g/mol. The van der Waals surface area contributed by atoms with E-state index < -0.39 is 0 Å². The second-order valence-corrected chi connectivity index (χ2v) is 4.86. The van der Waals surface area contributed by atoms with Crippen LogP contribution in [0.25, 0.3) is 0 Å². The SMILES string of the molecule is CCCc1nccn1CC(O)C1CCCC1. The topological polar surface area (TPSA) is 38.0 Å². The van der Waals surface area contributed by atoms with Crippen LogP contribution < -0.4 is 0 Å². The maximum Gasteiger partial charge on any atom is 0.108 e. The molecule has 0 aliphatic heterocycles. The molecule has 3 heteroatoms. The summed E-state index contributed by atoms with van der Waals surface area (Å²) in [6.45, 7) is 2.88. The molecule has 90 valence electrons. The summed E-state index contributed by atoms with van der Waals surface area (Å²) in [4.78, 5) is 4.34. The zero-order valence-electron chi connectivity index (χ0n) is 10.1. The van der Waals surface area contributed by atoms with E-state index in [1.165, 1.54) is 25.7 Å². The van der Waals surface area contributed by atoms with Gasteiger partial charge >= 0.3 is 0 Å². The van der Waals surface area contributed by atoms with E-state index in [0.29, 0.717) is 5.92 Å². The zero-order valence-corrected chi connectivity index (χ0v) is 10.1. The van der Waals surface area contributed by atoms with Crippen LogP contribution in [0.15, 0.2) is 12.4 Å². The van der Waals surface area contributed by atoms with Crippen LogP contribution in [-0.4, -0.2) is 20.8 Å². The fraction of sp³-hybridized carbons (Fsp3) is 0.769. The highest BCUT2D eigenvalue weighted by molar-refractivity contribution is 4.93. The maximum atomic E-state index is 10.2. The highest BCUT2D eigenvalue weighted by Gasteiger charge is 2.23. The number of aryl methyl sites for hydroxylation is 1. The normalized spacial score (nSPS) is 19.1. The molecule has 1 aliphatic rings. The molecule has 1 atom stereocenters. The molecule has 16 heavy (non-hydrogen) atoms. The Morgan fingerprint density at radius 3 is 2.94 bits per heavy atom. The van der Waals surface area contributed by atoms with Gasteiger partial charge in [0.2, 0.25) is 0 Å². The quantitative estimate of drug-likeness (QED) is 0.830. The van der Waals surface area contributed by atoms with Gasteiger partial charge in [-0.15, -0.1) is 0 Å². The second kappa shape index (κ2) is 5.48. The van der Waals surface area contributed by atoms with Gasteiger partial charge in [-0.2, -0.15) is 0 Å². The number of imidazole rings is 1. The fourth-order valence-corrected chi connectivity index (χ4v) is 2.65. The molecule has 0 spiro atoms. The molecule has 1 aromatic heterocycles. The van der Waals surface area contributed by atoms with Crippen molar-refractivity contribution in [3.63, 3.8) is 0 Å². The van der Waals surface area contributed by atoms with Gasteiger partial charge in [0.1, 0.15) is 5.82 Å². The molecule has 1 saturated carbocycles. The molecular weight excluding hydrogens is 200 g/mol. The van der Waals surface area contributed by atoms with E-state index in [4.69, 9.17) is 0 Å². The lowest BCUT2D eigenvalue weighted by Crippen LogP contribution is -2.24. The molecule has 0 bridgehead atoms. The Labute approximate surface area is 97.5 Å². The molecular formula is C13H22N2O. The van der Waals surface area contributed by atoms with E-state index >= 15 is 0 Å². The van der Waals surface area contributed by atoms with Crippen molar-refractivity contribution < 1.29 is 5.11 Å². The highest BCUT2D eigenvalue weighted by Crippen LogP contribution is 2.28. The van der Waals surface area contributed by atoms with Gasteiger partial charge < -0.3 is 9.67 Å². The molecule has 2 rings (SSSR count). The van der Waals surface area contributed by atoms with Crippen LogP contribution in [0.3, 0.4) is 0 Å². The molecule has 0 saturated heterocycles. The van der Waals surface area contributed by atoms with E-state index in [-0.39, 0.29) is 6.10 Å². The zero-order chi connectivity index (χ0) is 11.4. The van der Waals surface area contributed by atoms with Crippen molar-refractivity contribution in [2.24, 2.45) is 5.92 Å². The molecule has 1 fully saturated rings. The number of hydrogen-bond acceptors (Lipinski definition) is 2. The molecule has 1 aromatic rings. The van der Waals surface area contributed by atoms with Crippen LogP contribution in [0.1, 0.15) is 44.9 Å². The summed E-state index contributed by atoms with van der Waals surface area (Å²) in [7, 11) is 0. The van der Waals surface area contributed by atoms with Gasteiger partial charge in [-0.25, -0.2) is 4.98 Å². The Bertz CT molecular complexity index is 315. The number of aliphatic hydroxyl groups is 1. The van der Waals surface area contributed by atoms with Gasteiger partial charge in [0.05, 0.1) is 12.6 Å². The van der Waals surface area contributed by atoms with Crippen molar-refractivity contribution in [3.8, 4) is 0 Å². The van der Waals surface area contributed by atoms with Gasteiger partial charge in [0.25, 0.3) is 0 Å². The second-order valence-electron chi connectivity index (χ2n) is 4.86. The minimum Gasteiger partial charge on any atom is -0.391 e. The lowest BCUT2D eigenvalue weighted by molar-refractivity contribution is 0.0922. The van der Waals surface area contributed by atoms with Crippen molar-refractivity contribution in [1.29, 1.82) is 0 Å². The van der Waals surface area contributed by atoms with Crippen molar-refractivity contribution >= 4 is 0 Å². The predicted octanol–water partition coefficient (Wildman–Crippen LogP) is 2.39. The summed E-state index contributed by atoms with van der Waals surface area (Å²) in [5.41, 5.74) is 0. The summed E-state index contributed by atoms with van der Waals surface area (Å²) < 4.78 is 2.12. The van der Waals surface area contributed by atoms with Crippen LogP contribution in [0.5, 0.6) is 0 Å². The van der Waals surface area contributed by atoms with Gasteiger partial charge in [-0.3, -0.25) is 0 Å². The van der Waals surface area contributed by atoms with Gasteiger partial charge in [-0.1, -0.05) is 19.8 Å². The first-order valence-electron chi connectivity index (χ1n) is 6.49. The summed E-state index contributed by atoms with van der Waals surface area (Å²) in [6.07, 6.45) is 10.7. The first-order valence-corrected chi connectivity index (χ1v) is 6.49. The van der Waals surface area contributed by atoms with E-state index in [0.717, 1.165) is 25.2 Å². The third-order valence-electron chi connectivity index (χ3n) is 3.60. The van der Waals surface area contributed by atoms with Crippen LogP contribution >= 0.6 is 0 Å². The predicted molar refractivity (Wildman–Crippen MR) is 64.2 cm³/mol. The minimum absolute atomic E-state index is 0.188. The van der Waals surface area contributed by atoms with Crippen LogP contribution in [-0.2, 0) is 13.0 Å². The third-order valence-corrected chi connectivity index (χ3v) is 3.60. The Kier molecular flexibility index (Phi) is 3.99. The van der Waals surface area contributed by atoms with E-state index in [2.05, 4.69) is 16.5 Å². The van der Waals surface area contributed by atoms with Crippen molar-refractivity contribution in [2.45, 2.75) is 58.1 Å². The lowest BCUT2D eigenvalue weighted by atomic mass is 10.0. The highest BCUT2D eigenvalue weighted by atomic mass is 16.3. The third kappa shape index (κ3) is 2.64. The van der Waals surface area contributed by atoms with E-state index in [1.54, 1.807) is 0 Å². The smallest absolute Gasteiger partial charge is 0.108 e. The van der Waals surface area contributed by atoms with Gasteiger partial charge in [0, 0.05) is 18.8 Å². The summed E-state index contributed by atoms with van der Waals surface area (Å²) >= 11 is 0. The Balaban J connectivity index is 1.94. The summed E-state index contributed by atoms with van der Waals surface area (Å²) in [6, 6.07) is 0. The van der Waals surface area contributed by atoms with Gasteiger partial charge in [-0.05, 0) is 25.2 Å². The molecule has 0 aromatic carbocycles. The number of rotatable bonds is 5. The van der Waals surface area contributed by atoms with Gasteiger partial charge in [0.15, 0.2) is 0 Å². The summed E-state index contributed by atoms with van der Waals surface area (Å²) in [5.74, 6) is 1.62. The Morgan fingerprint density at radius 2 is 2.25 bits per heavy atom. The van der Waals surface area contributed by atoms with Crippen molar-refractivity contribution in [3.05, 3.63) is 18.2 Å². The van der Waals surface area contributed by atoms with Crippen molar-refractivity contribution in [1.82, 2.24) is 9.55 Å². The first-order chi connectivity index (χ1) is 7.81. The molecule has 0 amide bonds. The lowest BCUT2D eigenvalue weighted by Gasteiger charge is -2.19. The maximum absolute atomic E-state index is 10.2. The Morgan fingerprint density at radius 1 is 1.50 bits per heavy atom. The monoisotopic (exact) mass is 222 g/mol. The number of nitrogens with zero attached hydrogens (tertiary/aromatic N) is 2. The molecule has 1 N–H and O–H groups in total. The standard InChI is InChI=1S/C13H22N2O/c1-2-5-13-14-8-9-15(13)10-12(16)11-6-3-4-7-11/h8-9,11-12,16H,2-7,10H2,1H3. The van der Waals surface area contributed by atoms with E-state index in [1.807, 2.05) is 12.4 Å². The molecule has 0 radical (unpaired) electrons. The number of aliphatic hydroxyl groups excluding tert-OH is 1. The molecule has 1 aliphatic carbocycles. The van der Waals surface area contributed by atoms with Crippen LogP contribution in [0, 0.1) is 5.92 Å². The summed E-state index contributed by atoms with van der Waals surface area (Å²) in [5, 5.41) is 10.2. The molecule has 1 unspecified atom stereocenters. The average Bonchev–Trinajstić information content (AvgIpc) is 2.90. The fourth-order valence-electron chi connectivity index (χ4n) is 2.65. The van der Waals surface area contributed by atoms with Crippen molar-refractivity contribution in [2.75, 3.05) is 0 Å².